The first-order valence-electron chi connectivity index (χ1n) is 9.01. The molecular formula is C20H27N3O4. The summed E-state index contributed by atoms with van der Waals surface area (Å²) in [5.41, 5.74) is 0.429. The molecule has 0 saturated carbocycles. The fraction of sp³-hybridized carbons (Fsp3) is 0.400. The predicted molar refractivity (Wildman–Crippen MR) is 104 cm³/mol. The van der Waals surface area contributed by atoms with Gasteiger partial charge in [-0.05, 0) is 38.5 Å². The Labute approximate surface area is 159 Å². The van der Waals surface area contributed by atoms with Crippen molar-refractivity contribution in [3.05, 3.63) is 53.5 Å². The van der Waals surface area contributed by atoms with Gasteiger partial charge < -0.3 is 24.5 Å². The molecule has 0 unspecified atom stereocenters. The Morgan fingerprint density at radius 2 is 2.00 bits per heavy atom. The number of carbonyl (C=O) groups excluding carboxylic acids is 1. The van der Waals surface area contributed by atoms with E-state index in [1.54, 1.807) is 13.0 Å². The molecule has 1 aromatic heterocycles. The van der Waals surface area contributed by atoms with Gasteiger partial charge in [-0.15, -0.1) is 0 Å². The lowest BCUT2D eigenvalue weighted by Crippen LogP contribution is -2.38. The molecule has 0 aliphatic heterocycles. The summed E-state index contributed by atoms with van der Waals surface area (Å²) in [5.74, 6) is 2.29. The van der Waals surface area contributed by atoms with Crippen molar-refractivity contribution in [2.24, 2.45) is 4.99 Å². The second kappa shape index (κ2) is 10.9. The number of carbonyl (C=O) groups is 1. The molecule has 1 aromatic carbocycles. The van der Waals surface area contributed by atoms with E-state index < -0.39 is 5.97 Å². The second-order valence-corrected chi connectivity index (χ2v) is 5.81. The molecule has 7 heteroatoms. The zero-order valence-corrected chi connectivity index (χ0v) is 16.1. The molecule has 2 rings (SSSR count). The number of furan rings is 1. The lowest BCUT2D eigenvalue weighted by atomic mass is 10.2. The predicted octanol–water partition coefficient (Wildman–Crippen LogP) is 2.90. The molecule has 0 saturated heterocycles. The van der Waals surface area contributed by atoms with Gasteiger partial charge in [0, 0.05) is 13.1 Å². The van der Waals surface area contributed by atoms with Gasteiger partial charge in [-0.1, -0.05) is 18.2 Å². The highest BCUT2D eigenvalue weighted by molar-refractivity contribution is 5.90. The molecule has 2 aromatic rings. The minimum absolute atomic E-state index is 0.327. The zero-order valence-electron chi connectivity index (χ0n) is 16.1. The van der Waals surface area contributed by atoms with E-state index in [-0.39, 0.29) is 0 Å². The standard InChI is InChI=1S/C20H27N3O4/c1-4-21-20(22-11-8-12-26-16-9-6-5-7-10-16)23-14-17-13-18(15(2)27-17)19(24)25-3/h5-7,9-10,13H,4,8,11-12,14H2,1-3H3,(H2,21,22,23). The molecule has 146 valence electrons. The van der Waals surface area contributed by atoms with Gasteiger partial charge in [0.2, 0.25) is 0 Å². The van der Waals surface area contributed by atoms with Crippen LogP contribution in [0.5, 0.6) is 5.75 Å². The highest BCUT2D eigenvalue weighted by atomic mass is 16.5. The van der Waals surface area contributed by atoms with Gasteiger partial charge in [0.15, 0.2) is 5.96 Å². The van der Waals surface area contributed by atoms with E-state index in [1.165, 1.54) is 7.11 Å². The van der Waals surface area contributed by atoms with E-state index >= 15 is 0 Å². The Morgan fingerprint density at radius 3 is 2.70 bits per heavy atom. The Balaban J connectivity index is 1.80. The van der Waals surface area contributed by atoms with Crippen molar-refractivity contribution >= 4 is 11.9 Å². The maximum Gasteiger partial charge on any atom is 0.341 e. The Hall–Kier alpha value is -2.96. The molecule has 0 spiro atoms. The number of methoxy groups -OCH3 is 1. The molecule has 1 heterocycles. The van der Waals surface area contributed by atoms with Crippen molar-refractivity contribution in [2.45, 2.75) is 26.8 Å². The van der Waals surface area contributed by atoms with Crippen LogP contribution in [0.3, 0.4) is 0 Å². The number of ether oxygens (including phenoxy) is 2. The van der Waals surface area contributed by atoms with Crippen LogP contribution in [0.25, 0.3) is 0 Å². The first kappa shape index (κ1) is 20.4. The number of aliphatic imine (C=N–C) groups is 1. The summed E-state index contributed by atoms with van der Waals surface area (Å²) in [5, 5.41) is 6.44. The number of nitrogens with zero attached hydrogens (tertiary/aromatic N) is 1. The maximum atomic E-state index is 11.6. The molecule has 27 heavy (non-hydrogen) atoms. The molecule has 0 amide bonds. The number of hydrogen-bond acceptors (Lipinski definition) is 5. The third-order valence-corrected chi connectivity index (χ3v) is 3.74. The molecule has 0 aliphatic carbocycles. The number of esters is 1. The molecule has 0 aliphatic rings. The highest BCUT2D eigenvalue weighted by Gasteiger charge is 2.15. The Morgan fingerprint density at radius 1 is 1.22 bits per heavy atom. The maximum absolute atomic E-state index is 11.6. The van der Waals surface area contributed by atoms with Crippen LogP contribution in [0.4, 0.5) is 0 Å². The van der Waals surface area contributed by atoms with E-state index in [2.05, 4.69) is 15.6 Å². The van der Waals surface area contributed by atoms with Crippen LogP contribution in [-0.4, -0.2) is 38.7 Å². The third-order valence-electron chi connectivity index (χ3n) is 3.74. The minimum Gasteiger partial charge on any atom is -0.494 e. The monoisotopic (exact) mass is 373 g/mol. The summed E-state index contributed by atoms with van der Waals surface area (Å²) in [6.07, 6.45) is 0.839. The Bertz CT molecular complexity index is 741. The van der Waals surface area contributed by atoms with Gasteiger partial charge in [-0.3, -0.25) is 0 Å². The molecule has 0 radical (unpaired) electrons. The minimum atomic E-state index is -0.407. The summed E-state index contributed by atoms with van der Waals surface area (Å²) < 4.78 is 16.0. The highest BCUT2D eigenvalue weighted by Crippen LogP contribution is 2.16. The largest absolute Gasteiger partial charge is 0.494 e. The van der Waals surface area contributed by atoms with Gasteiger partial charge in [0.25, 0.3) is 0 Å². The van der Waals surface area contributed by atoms with Crippen molar-refractivity contribution < 1.29 is 18.7 Å². The summed E-state index contributed by atoms with van der Waals surface area (Å²) >= 11 is 0. The van der Waals surface area contributed by atoms with Crippen LogP contribution in [0.1, 0.15) is 35.2 Å². The average molecular weight is 373 g/mol. The molecule has 7 nitrogen and oxygen atoms in total. The van der Waals surface area contributed by atoms with Crippen LogP contribution < -0.4 is 15.4 Å². The SMILES string of the molecule is CCNC(=NCc1cc(C(=O)OC)c(C)o1)NCCCOc1ccccc1. The average Bonchev–Trinajstić information content (AvgIpc) is 3.06. The molecular weight excluding hydrogens is 346 g/mol. The van der Waals surface area contributed by atoms with Gasteiger partial charge in [0.1, 0.15) is 29.4 Å². The molecule has 0 atom stereocenters. The number of para-hydroxylation sites is 1. The van der Waals surface area contributed by atoms with Crippen LogP contribution in [0.2, 0.25) is 0 Å². The zero-order chi connectivity index (χ0) is 19.5. The topological polar surface area (TPSA) is 85.1 Å². The summed E-state index contributed by atoms with van der Waals surface area (Å²) in [7, 11) is 1.35. The second-order valence-electron chi connectivity index (χ2n) is 5.81. The van der Waals surface area contributed by atoms with Crippen LogP contribution >= 0.6 is 0 Å². The number of aryl methyl sites for hydroxylation is 1. The van der Waals surface area contributed by atoms with E-state index in [0.717, 1.165) is 25.3 Å². The van der Waals surface area contributed by atoms with Crippen molar-refractivity contribution in [3.63, 3.8) is 0 Å². The lowest BCUT2D eigenvalue weighted by Gasteiger charge is -2.11. The van der Waals surface area contributed by atoms with Gasteiger partial charge >= 0.3 is 5.97 Å². The van der Waals surface area contributed by atoms with Gasteiger partial charge in [0.05, 0.1) is 13.7 Å². The van der Waals surface area contributed by atoms with Crippen molar-refractivity contribution in [1.82, 2.24) is 10.6 Å². The number of benzene rings is 1. The number of rotatable bonds is 9. The summed E-state index contributed by atoms with van der Waals surface area (Å²) in [4.78, 5) is 16.1. The van der Waals surface area contributed by atoms with E-state index in [4.69, 9.17) is 13.9 Å². The van der Waals surface area contributed by atoms with Crippen LogP contribution in [0, 0.1) is 6.92 Å². The van der Waals surface area contributed by atoms with Crippen molar-refractivity contribution in [3.8, 4) is 5.75 Å². The summed E-state index contributed by atoms with van der Waals surface area (Å²) in [6.45, 7) is 6.15. The van der Waals surface area contributed by atoms with E-state index in [1.807, 2.05) is 37.3 Å². The first-order valence-corrected chi connectivity index (χ1v) is 9.01. The van der Waals surface area contributed by atoms with Gasteiger partial charge in [-0.2, -0.15) is 0 Å². The normalized spacial score (nSPS) is 11.1. The number of nitrogens with one attached hydrogen (secondary N) is 2. The fourth-order valence-electron chi connectivity index (χ4n) is 2.42. The summed E-state index contributed by atoms with van der Waals surface area (Å²) in [6, 6.07) is 11.4. The fourth-order valence-corrected chi connectivity index (χ4v) is 2.42. The molecule has 0 fully saturated rings. The quantitative estimate of drug-likeness (QED) is 0.304. The lowest BCUT2D eigenvalue weighted by molar-refractivity contribution is 0.0599. The number of guanidine groups is 1. The third kappa shape index (κ3) is 6.69. The van der Waals surface area contributed by atoms with Crippen molar-refractivity contribution in [2.75, 3.05) is 26.8 Å². The smallest absolute Gasteiger partial charge is 0.341 e. The Kier molecular flexibility index (Phi) is 8.22. The van der Waals surface area contributed by atoms with Crippen LogP contribution in [0.15, 0.2) is 45.8 Å². The number of hydrogen-bond donors (Lipinski definition) is 2. The van der Waals surface area contributed by atoms with E-state index in [9.17, 15) is 4.79 Å². The molecule has 2 N–H and O–H groups in total. The first-order chi connectivity index (χ1) is 13.1. The van der Waals surface area contributed by atoms with E-state index in [0.29, 0.717) is 36.2 Å². The van der Waals surface area contributed by atoms with Gasteiger partial charge in [-0.25, -0.2) is 9.79 Å². The van der Waals surface area contributed by atoms with Crippen LogP contribution in [-0.2, 0) is 11.3 Å². The van der Waals surface area contributed by atoms with Crippen molar-refractivity contribution in [1.29, 1.82) is 0 Å². The molecule has 0 bridgehead atoms.